The topological polar surface area (TPSA) is 358 Å². The molecular formula is C34H56N6Na4O16S4. The summed E-state index contributed by atoms with van der Waals surface area (Å²) in [6, 6.07) is -4.51. The zero-order valence-electron chi connectivity index (χ0n) is 37.2. The molecule has 0 aliphatic heterocycles. The Hall–Kier alpha value is 3.24. The average molecular weight is 1030 g/mol. The number of hydrogen-bond acceptors (Lipinski definition) is 24. The van der Waals surface area contributed by atoms with Gasteiger partial charge in [-0.15, -0.1) is 0 Å². The van der Waals surface area contributed by atoms with Gasteiger partial charge < -0.3 is 50.8 Å². The number of nitrogens with zero attached hydrogens (tertiary/aromatic N) is 4. The van der Waals surface area contributed by atoms with Crippen LogP contribution in [0.3, 0.4) is 0 Å². The number of methoxy groups -OCH3 is 2. The zero-order chi connectivity index (χ0) is 43.5. The van der Waals surface area contributed by atoms with Crippen LogP contribution in [0.1, 0.15) is 77.0 Å². The third-order valence-corrected chi connectivity index (χ3v) is 18.9. The number of hydrogen-bond donors (Lipinski definition) is 4. The molecule has 6 aliphatic rings. The molecule has 6 aliphatic carbocycles. The summed E-state index contributed by atoms with van der Waals surface area (Å²) in [6.07, 6.45) is 2.10. The predicted molar refractivity (Wildman–Crippen MR) is 205 cm³/mol. The van der Waals surface area contributed by atoms with Gasteiger partial charge in [0.15, 0.2) is 0 Å². The van der Waals surface area contributed by atoms with Crippen LogP contribution >= 0.6 is 24.1 Å². The predicted octanol–water partition coefficient (Wildman–Crippen LogP) is -12.4. The van der Waals surface area contributed by atoms with Crippen LogP contribution in [0.25, 0.3) is 0 Å². The minimum absolute atomic E-state index is 0. The number of nitrogens with two attached hydrogens (primary N) is 2. The molecule has 20 atom stereocenters. The fourth-order valence-corrected chi connectivity index (χ4v) is 15.2. The van der Waals surface area contributed by atoms with E-state index in [4.69, 9.17) is 30.4 Å². The fraction of sp³-hybridized carbons (Fsp3) is 1.00. The molecule has 0 amide bonds. The Bertz CT molecular complexity index is 1710. The molecule has 346 valence electrons. The number of aliphatic hydroxyl groups is 2. The van der Waals surface area contributed by atoms with Crippen molar-refractivity contribution in [3.8, 4) is 0 Å². The van der Waals surface area contributed by atoms with Crippen LogP contribution < -0.4 is 140 Å². The van der Waals surface area contributed by atoms with Gasteiger partial charge in [0.1, 0.15) is 0 Å². The van der Waals surface area contributed by atoms with Crippen molar-refractivity contribution in [2.24, 2.45) is 67.4 Å². The van der Waals surface area contributed by atoms with E-state index in [9.17, 15) is 46.7 Å². The number of ether oxygens (including phenoxy) is 2. The van der Waals surface area contributed by atoms with E-state index in [1.54, 1.807) is 14.2 Å². The number of azo groups is 2. The summed E-state index contributed by atoms with van der Waals surface area (Å²) in [7, 11) is -6.56. The summed E-state index contributed by atoms with van der Waals surface area (Å²) in [5, 5.41) is 65.8. The SMILES string of the molecule is COC1CC(C2CCC(N=NC3CC(S(=O)(=O)[O-])C4CCC(S(=O)(=O)[O-])C(N)C4C3O)C(OC)C2)CCC1N=NC1CC(SOO[O-])C2CCC(SOO[O-])C(N)C2C1O.[Na+].[Na+].[Na+].[Na+]. The molecule has 0 heterocycles. The molecule has 22 nitrogen and oxygen atoms in total. The monoisotopic (exact) mass is 1020 g/mol. The van der Waals surface area contributed by atoms with E-state index in [2.05, 4.69) is 29.8 Å². The molecule has 0 bridgehead atoms. The molecule has 0 aromatic heterocycles. The van der Waals surface area contributed by atoms with Gasteiger partial charge in [0.2, 0.25) is 0 Å². The van der Waals surface area contributed by atoms with Crippen LogP contribution in [0.2, 0.25) is 0 Å². The van der Waals surface area contributed by atoms with Crippen molar-refractivity contribution in [2.45, 2.75) is 159 Å². The largest absolute Gasteiger partial charge is 1.00 e. The van der Waals surface area contributed by atoms with Crippen molar-refractivity contribution in [1.82, 2.24) is 0 Å². The molecule has 6 saturated carbocycles. The van der Waals surface area contributed by atoms with Gasteiger partial charge in [0.25, 0.3) is 0 Å². The molecule has 0 radical (unpaired) electrons. The molecular weight excluding hydrogens is 969 g/mol. The van der Waals surface area contributed by atoms with Crippen LogP contribution in [0, 0.1) is 35.5 Å². The smallest absolute Gasteiger partial charge is 0.748 e. The maximum Gasteiger partial charge on any atom is 1.00 e. The Kier molecular flexibility index (Phi) is 28.3. The van der Waals surface area contributed by atoms with Crippen LogP contribution in [-0.2, 0) is 48.5 Å². The second-order valence-electron chi connectivity index (χ2n) is 17.3. The van der Waals surface area contributed by atoms with Gasteiger partial charge in [-0.1, -0.05) is 0 Å². The van der Waals surface area contributed by atoms with Gasteiger partial charge in [-0.25, -0.2) is 16.8 Å². The molecule has 6 rings (SSSR count). The second-order valence-corrected chi connectivity index (χ2v) is 22.3. The molecule has 20 unspecified atom stereocenters. The molecule has 0 aromatic rings. The first-order valence-electron chi connectivity index (χ1n) is 20.4. The Labute approximate surface area is 471 Å². The van der Waals surface area contributed by atoms with Gasteiger partial charge in [-0.2, -0.15) is 29.1 Å². The maximum atomic E-state index is 12.4. The van der Waals surface area contributed by atoms with Crippen molar-refractivity contribution in [2.75, 3.05) is 14.2 Å². The molecule has 6 fully saturated rings. The molecule has 0 spiro atoms. The second kappa shape index (κ2) is 28.6. The number of rotatable bonds is 15. The number of aliphatic hydroxyl groups excluding tert-OH is 2. The van der Waals surface area contributed by atoms with Gasteiger partial charge in [-0.05, 0) is 101 Å². The Balaban J connectivity index is 0.00000352. The Morgan fingerprint density at radius 1 is 0.547 bits per heavy atom. The van der Waals surface area contributed by atoms with Gasteiger partial charge in [-0.3, -0.25) is 10.1 Å². The summed E-state index contributed by atoms with van der Waals surface area (Å²) in [6.45, 7) is 0. The fourth-order valence-electron chi connectivity index (χ4n) is 11.5. The first-order chi connectivity index (χ1) is 28.5. The van der Waals surface area contributed by atoms with Crippen LogP contribution in [0.15, 0.2) is 20.5 Å². The average Bonchev–Trinajstić information content (AvgIpc) is 3.21. The van der Waals surface area contributed by atoms with Crippen molar-refractivity contribution in [1.29, 1.82) is 0 Å². The van der Waals surface area contributed by atoms with Crippen molar-refractivity contribution < 1.29 is 193 Å². The Morgan fingerprint density at radius 2 is 0.984 bits per heavy atom. The molecule has 6 N–H and O–H groups in total. The standard InChI is InChI=1S/C34H60N6O16S4.4Na/c1-51-23-11-15(3-7-19(23)37-39-21-13-26(58-56-54-44)17-5-9-25(57-55-53-43)31(35)29(17)33(21)41)16-4-8-20(24(12-16)52-2)38-40-22-14-28(60(48,49)50)18-6-10-27(59(45,46)47)32(36)30(18)34(22)42;;;;/h15-34,41-44H,3-14,35-36H2,1-2H3,(H,45,46,47)(H,48,49,50);;;;/q;4*+1/p-4. The van der Waals surface area contributed by atoms with Gasteiger partial charge in [0, 0.05) is 72.7 Å². The van der Waals surface area contributed by atoms with Crippen molar-refractivity contribution in [3.05, 3.63) is 0 Å². The van der Waals surface area contributed by atoms with Gasteiger partial charge >= 0.3 is 118 Å². The van der Waals surface area contributed by atoms with Crippen LogP contribution in [-0.4, -0.2) is 132 Å². The third-order valence-electron chi connectivity index (χ3n) is 14.5. The van der Waals surface area contributed by atoms with Crippen molar-refractivity contribution >= 4 is 44.3 Å². The van der Waals surface area contributed by atoms with E-state index in [-0.39, 0.29) is 184 Å². The third kappa shape index (κ3) is 15.2. The zero-order valence-corrected chi connectivity index (χ0v) is 48.5. The molecule has 0 saturated heterocycles. The van der Waals surface area contributed by atoms with E-state index in [1.807, 2.05) is 0 Å². The van der Waals surface area contributed by atoms with Crippen molar-refractivity contribution in [3.63, 3.8) is 0 Å². The summed E-state index contributed by atoms with van der Waals surface area (Å²) in [4.78, 5) is 0. The first-order valence-corrected chi connectivity index (χ1v) is 24.9. The van der Waals surface area contributed by atoms with E-state index in [0.717, 1.165) is 36.9 Å². The van der Waals surface area contributed by atoms with E-state index in [1.165, 1.54) is 0 Å². The van der Waals surface area contributed by atoms with E-state index < -0.39 is 90.9 Å². The molecule has 0 aromatic carbocycles. The first kappa shape index (κ1) is 63.4. The minimum Gasteiger partial charge on any atom is -0.748 e. The minimum atomic E-state index is -4.89. The molecule has 30 heteroatoms. The van der Waals surface area contributed by atoms with E-state index in [0.29, 0.717) is 44.9 Å². The quantitative estimate of drug-likeness (QED) is 0.0295. The summed E-state index contributed by atoms with van der Waals surface area (Å²) >= 11 is 1.68. The normalized spacial score (nSPS) is 42.8. The summed E-state index contributed by atoms with van der Waals surface area (Å²) in [5.74, 6) is -2.18. The van der Waals surface area contributed by atoms with Crippen LogP contribution in [0.5, 0.6) is 0 Å². The maximum absolute atomic E-state index is 12.4. The Morgan fingerprint density at radius 3 is 1.45 bits per heavy atom. The summed E-state index contributed by atoms with van der Waals surface area (Å²) in [5.41, 5.74) is 12.8. The van der Waals surface area contributed by atoms with Crippen LogP contribution in [0.4, 0.5) is 0 Å². The number of fused-ring (bicyclic) bond motifs is 2. The van der Waals surface area contributed by atoms with Gasteiger partial charge in [0.05, 0.1) is 79.3 Å². The van der Waals surface area contributed by atoms with E-state index >= 15 is 0 Å². The summed E-state index contributed by atoms with van der Waals surface area (Å²) < 4.78 is 94.0. The molecule has 64 heavy (non-hydrogen) atoms.